The van der Waals surface area contributed by atoms with Crippen molar-refractivity contribution in [1.82, 2.24) is 9.80 Å². The van der Waals surface area contributed by atoms with E-state index in [-0.39, 0.29) is 11.3 Å². The minimum atomic E-state index is -0.796. The zero-order valence-corrected chi connectivity index (χ0v) is 19.5. The van der Waals surface area contributed by atoms with Crippen LogP contribution in [-0.4, -0.2) is 80.2 Å². The number of benzene rings is 2. The minimum Gasteiger partial charge on any atom is -0.507 e. The Balaban J connectivity index is 1.74. The van der Waals surface area contributed by atoms with E-state index in [9.17, 15) is 14.7 Å². The summed E-state index contributed by atoms with van der Waals surface area (Å²) in [5.41, 5.74) is 1.11. The summed E-state index contributed by atoms with van der Waals surface area (Å²) in [6.45, 7) is 4.23. The van der Waals surface area contributed by atoms with Gasteiger partial charge in [-0.2, -0.15) is 0 Å². The molecule has 0 aliphatic carbocycles. The first kappa shape index (κ1) is 23.8. The van der Waals surface area contributed by atoms with Crippen molar-refractivity contribution < 1.29 is 28.9 Å². The third-order valence-electron chi connectivity index (χ3n) is 6.30. The molecule has 2 aromatic rings. The Labute approximate surface area is 199 Å². The number of hydrogen-bond acceptors (Lipinski definition) is 7. The molecule has 2 heterocycles. The molecule has 2 aromatic carbocycles. The number of Topliss-reactive ketones (excluding diaryl/α,β-unsaturated/α-hetero) is 1. The van der Waals surface area contributed by atoms with Crippen molar-refractivity contribution in [2.24, 2.45) is 0 Å². The first-order chi connectivity index (χ1) is 16.5. The molecule has 0 radical (unpaired) electrons. The molecule has 0 spiro atoms. The maximum atomic E-state index is 13.2. The van der Waals surface area contributed by atoms with Gasteiger partial charge in [-0.05, 0) is 24.6 Å². The lowest BCUT2D eigenvalue weighted by Gasteiger charge is -2.29. The number of aliphatic hydroxyl groups is 1. The molecule has 2 aliphatic heterocycles. The highest BCUT2D eigenvalue weighted by atomic mass is 16.5. The molecule has 0 saturated carbocycles. The number of methoxy groups -OCH3 is 2. The van der Waals surface area contributed by atoms with Crippen LogP contribution in [0.5, 0.6) is 11.5 Å². The molecule has 1 amide bonds. The van der Waals surface area contributed by atoms with Crippen LogP contribution in [0.2, 0.25) is 0 Å². The lowest BCUT2D eigenvalue weighted by molar-refractivity contribution is -0.140. The van der Waals surface area contributed by atoms with E-state index in [1.807, 2.05) is 6.07 Å². The summed E-state index contributed by atoms with van der Waals surface area (Å²) in [5.74, 6) is -0.472. The topological polar surface area (TPSA) is 88.5 Å². The molecular formula is C26H30N2O6. The summed E-state index contributed by atoms with van der Waals surface area (Å²) in [5, 5.41) is 11.2. The first-order valence-electron chi connectivity index (χ1n) is 11.4. The average molecular weight is 467 g/mol. The number of rotatable bonds is 8. The van der Waals surface area contributed by atoms with Gasteiger partial charge in [0, 0.05) is 37.3 Å². The largest absolute Gasteiger partial charge is 0.507 e. The third-order valence-corrected chi connectivity index (χ3v) is 6.30. The summed E-state index contributed by atoms with van der Waals surface area (Å²) in [4.78, 5) is 30.2. The molecule has 1 N–H and O–H groups in total. The number of hydrogen-bond donors (Lipinski definition) is 1. The molecule has 8 nitrogen and oxygen atoms in total. The zero-order valence-electron chi connectivity index (χ0n) is 19.5. The van der Waals surface area contributed by atoms with Gasteiger partial charge in [-0.3, -0.25) is 14.5 Å². The van der Waals surface area contributed by atoms with E-state index in [2.05, 4.69) is 4.90 Å². The van der Waals surface area contributed by atoms with Gasteiger partial charge in [-0.25, -0.2) is 0 Å². The number of amides is 1. The fourth-order valence-corrected chi connectivity index (χ4v) is 4.53. The van der Waals surface area contributed by atoms with E-state index in [0.29, 0.717) is 48.8 Å². The molecule has 1 unspecified atom stereocenters. The van der Waals surface area contributed by atoms with Crippen LogP contribution in [0.15, 0.2) is 54.1 Å². The van der Waals surface area contributed by atoms with Crippen LogP contribution in [0.1, 0.15) is 23.6 Å². The Morgan fingerprint density at radius 1 is 1.03 bits per heavy atom. The van der Waals surface area contributed by atoms with Gasteiger partial charge in [-0.1, -0.05) is 30.3 Å². The van der Waals surface area contributed by atoms with Gasteiger partial charge in [0.05, 0.1) is 39.0 Å². The second-order valence-corrected chi connectivity index (χ2v) is 8.27. The van der Waals surface area contributed by atoms with E-state index in [4.69, 9.17) is 14.2 Å². The highest BCUT2D eigenvalue weighted by Gasteiger charge is 2.47. The molecule has 4 rings (SSSR count). The van der Waals surface area contributed by atoms with Crippen molar-refractivity contribution in [2.75, 3.05) is 53.6 Å². The molecule has 2 saturated heterocycles. The average Bonchev–Trinajstić information content (AvgIpc) is 3.14. The smallest absolute Gasteiger partial charge is 0.295 e. The van der Waals surface area contributed by atoms with Gasteiger partial charge in [0.25, 0.3) is 11.7 Å². The Hall–Kier alpha value is -3.36. The standard InChI is InChI=1S/C26H30N2O6/c1-32-19-9-10-21(33-2)20(17-19)23-22(24(29)18-7-4-3-5-8-18)25(30)26(31)28(23)12-6-11-27-13-15-34-16-14-27/h3-5,7-10,17,23,29H,6,11-16H2,1-2H3. The fraction of sp³-hybridized carbons (Fsp3) is 0.385. The van der Waals surface area contributed by atoms with Gasteiger partial charge in [-0.15, -0.1) is 0 Å². The molecule has 8 heteroatoms. The molecule has 0 bridgehead atoms. The summed E-state index contributed by atoms with van der Waals surface area (Å²) < 4.78 is 16.4. The fourth-order valence-electron chi connectivity index (χ4n) is 4.53. The van der Waals surface area contributed by atoms with Crippen molar-refractivity contribution >= 4 is 17.4 Å². The predicted octanol–water partition coefficient (Wildman–Crippen LogP) is 2.85. The van der Waals surface area contributed by atoms with E-state index in [1.165, 1.54) is 12.0 Å². The zero-order chi connectivity index (χ0) is 24.1. The number of ether oxygens (including phenoxy) is 3. The number of nitrogens with zero attached hydrogens (tertiary/aromatic N) is 2. The molecule has 1 atom stereocenters. The molecule has 34 heavy (non-hydrogen) atoms. The molecular weight excluding hydrogens is 436 g/mol. The lowest BCUT2D eigenvalue weighted by atomic mass is 9.94. The van der Waals surface area contributed by atoms with Crippen LogP contribution in [0.3, 0.4) is 0 Å². The van der Waals surface area contributed by atoms with E-state index < -0.39 is 17.7 Å². The van der Waals surface area contributed by atoms with Crippen molar-refractivity contribution in [2.45, 2.75) is 12.5 Å². The van der Waals surface area contributed by atoms with Crippen LogP contribution in [-0.2, 0) is 14.3 Å². The number of carbonyl (C=O) groups is 2. The number of likely N-dealkylation sites (tertiary alicyclic amines) is 1. The van der Waals surface area contributed by atoms with Crippen molar-refractivity contribution in [3.8, 4) is 11.5 Å². The van der Waals surface area contributed by atoms with Gasteiger partial charge in [0.1, 0.15) is 17.3 Å². The maximum absolute atomic E-state index is 13.2. The highest BCUT2D eigenvalue weighted by molar-refractivity contribution is 6.46. The van der Waals surface area contributed by atoms with E-state index in [1.54, 1.807) is 49.6 Å². The van der Waals surface area contributed by atoms with Gasteiger partial charge in [0.2, 0.25) is 0 Å². The molecule has 2 fully saturated rings. The summed E-state index contributed by atoms with van der Waals surface area (Å²) in [6, 6.07) is 13.2. The molecule has 2 aliphatic rings. The first-order valence-corrected chi connectivity index (χ1v) is 11.4. The SMILES string of the molecule is COc1ccc(OC)c(C2C(=C(O)c3ccccc3)C(=O)C(=O)N2CCCN2CCOCC2)c1. The normalized spacial score (nSPS) is 20.5. The Morgan fingerprint density at radius 2 is 1.76 bits per heavy atom. The second kappa shape index (κ2) is 10.7. The maximum Gasteiger partial charge on any atom is 0.295 e. The Kier molecular flexibility index (Phi) is 7.49. The quantitative estimate of drug-likeness (QED) is 0.364. The number of morpholine rings is 1. The number of aliphatic hydroxyl groups excluding tert-OH is 1. The monoisotopic (exact) mass is 466 g/mol. The van der Waals surface area contributed by atoms with Crippen LogP contribution in [0.25, 0.3) is 5.76 Å². The predicted molar refractivity (Wildman–Crippen MR) is 127 cm³/mol. The van der Waals surface area contributed by atoms with Crippen LogP contribution >= 0.6 is 0 Å². The van der Waals surface area contributed by atoms with Crippen LogP contribution < -0.4 is 9.47 Å². The number of ketones is 1. The summed E-state index contributed by atoms with van der Waals surface area (Å²) in [7, 11) is 3.09. The van der Waals surface area contributed by atoms with Crippen LogP contribution in [0, 0.1) is 0 Å². The highest BCUT2D eigenvalue weighted by Crippen LogP contribution is 2.43. The van der Waals surface area contributed by atoms with Gasteiger partial charge < -0.3 is 24.2 Å². The lowest BCUT2D eigenvalue weighted by Crippen LogP contribution is -2.39. The Bertz CT molecular complexity index is 1060. The van der Waals surface area contributed by atoms with Crippen molar-refractivity contribution in [3.05, 3.63) is 65.2 Å². The summed E-state index contributed by atoms with van der Waals surface area (Å²) in [6.07, 6.45) is 0.682. The second-order valence-electron chi connectivity index (χ2n) is 8.27. The van der Waals surface area contributed by atoms with E-state index in [0.717, 1.165) is 19.6 Å². The van der Waals surface area contributed by atoms with Crippen LogP contribution in [0.4, 0.5) is 0 Å². The van der Waals surface area contributed by atoms with Crippen molar-refractivity contribution in [3.63, 3.8) is 0 Å². The third kappa shape index (κ3) is 4.78. The van der Waals surface area contributed by atoms with Crippen molar-refractivity contribution in [1.29, 1.82) is 0 Å². The molecule has 180 valence electrons. The summed E-state index contributed by atoms with van der Waals surface area (Å²) >= 11 is 0. The Morgan fingerprint density at radius 3 is 2.44 bits per heavy atom. The molecule has 0 aromatic heterocycles. The van der Waals surface area contributed by atoms with E-state index >= 15 is 0 Å². The number of carbonyl (C=O) groups excluding carboxylic acids is 2. The van der Waals surface area contributed by atoms with Gasteiger partial charge >= 0.3 is 0 Å². The van der Waals surface area contributed by atoms with Gasteiger partial charge in [0.15, 0.2) is 0 Å². The minimum absolute atomic E-state index is 0.0501.